The average molecular weight is 260 g/mol. The summed E-state index contributed by atoms with van der Waals surface area (Å²) in [7, 11) is -2.78. The molecule has 0 bridgehead atoms. The third-order valence-electron chi connectivity index (χ3n) is 2.78. The lowest BCUT2D eigenvalue weighted by atomic mass is 10.2. The minimum absolute atomic E-state index is 0.117. The molecule has 1 atom stereocenters. The number of aryl methyl sites for hydroxylation is 2. The summed E-state index contributed by atoms with van der Waals surface area (Å²) in [6.45, 7) is 4.71. The van der Waals surface area contributed by atoms with Crippen LogP contribution < -0.4 is 5.32 Å². The van der Waals surface area contributed by atoms with Crippen LogP contribution in [0.4, 0.5) is 0 Å². The van der Waals surface area contributed by atoms with Gasteiger partial charge in [-0.15, -0.1) is 11.3 Å². The van der Waals surface area contributed by atoms with E-state index in [-0.39, 0.29) is 11.8 Å². The van der Waals surface area contributed by atoms with Gasteiger partial charge in [0.25, 0.3) is 0 Å². The second kappa shape index (κ2) is 4.43. The Bertz CT molecular complexity index is 479. The first-order valence-corrected chi connectivity index (χ1v) is 7.97. The van der Waals surface area contributed by atoms with Crippen molar-refractivity contribution in [2.24, 2.45) is 0 Å². The van der Waals surface area contributed by atoms with E-state index in [2.05, 4.69) is 10.3 Å². The quantitative estimate of drug-likeness (QED) is 0.882. The highest BCUT2D eigenvalue weighted by Gasteiger charge is 2.27. The maximum Gasteiger partial charge on any atom is 0.151 e. The molecule has 0 radical (unpaired) electrons. The van der Waals surface area contributed by atoms with Crippen molar-refractivity contribution in [2.45, 2.75) is 32.9 Å². The highest BCUT2D eigenvalue weighted by Crippen LogP contribution is 2.18. The molecule has 0 amide bonds. The molecule has 2 rings (SSSR count). The van der Waals surface area contributed by atoms with E-state index in [0.29, 0.717) is 5.75 Å². The molecule has 90 valence electrons. The monoisotopic (exact) mass is 260 g/mol. The smallest absolute Gasteiger partial charge is 0.151 e. The fourth-order valence-electron chi connectivity index (χ4n) is 1.93. The van der Waals surface area contributed by atoms with Gasteiger partial charge in [-0.1, -0.05) is 0 Å². The van der Waals surface area contributed by atoms with Crippen LogP contribution in [0.15, 0.2) is 0 Å². The molecule has 1 aliphatic rings. The molecule has 1 fully saturated rings. The Balaban J connectivity index is 1.91. The molecule has 2 heterocycles. The largest absolute Gasteiger partial charge is 0.308 e. The molecule has 4 nitrogen and oxygen atoms in total. The third kappa shape index (κ3) is 2.81. The first-order chi connectivity index (χ1) is 7.46. The Morgan fingerprint density at radius 3 is 2.75 bits per heavy atom. The summed E-state index contributed by atoms with van der Waals surface area (Å²) in [5.74, 6) is 0.606. The summed E-state index contributed by atoms with van der Waals surface area (Å²) in [6, 6.07) is 0.117. The first-order valence-electron chi connectivity index (χ1n) is 5.33. The van der Waals surface area contributed by atoms with Crippen molar-refractivity contribution in [2.75, 3.05) is 11.5 Å². The molecule has 0 aliphatic carbocycles. The predicted octanol–water partition coefficient (Wildman–Crippen LogP) is 1.04. The van der Waals surface area contributed by atoms with Crippen molar-refractivity contribution in [1.29, 1.82) is 0 Å². The molecule has 6 heteroatoms. The minimum atomic E-state index is -2.78. The van der Waals surface area contributed by atoms with Crippen molar-refractivity contribution in [3.63, 3.8) is 0 Å². The van der Waals surface area contributed by atoms with Crippen molar-refractivity contribution in [3.8, 4) is 0 Å². The summed E-state index contributed by atoms with van der Waals surface area (Å²) in [4.78, 5) is 5.56. The van der Waals surface area contributed by atoms with Crippen LogP contribution in [0.5, 0.6) is 0 Å². The fraction of sp³-hybridized carbons (Fsp3) is 0.700. The molecule has 1 aromatic heterocycles. The maximum absolute atomic E-state index is 11.3. The standard InChI is InChI=1S/C10H16N2O2S2/c1-7-10(15-8(2)12-7)5-11-9-3-4-16(13,14)6-9/h9,11H,3-6H2,1-2H3. The van der Waals surface area contributed by atoms with Crippen LogP contribution in [0.3, 0.4) is 0 Å². The molecular formula is C10H16N2O2S2. The SMILES string of the molecule is Cc1nc(C)c(CNC2CCS(=O)(=O)C2)s1. The van der Waals surface area contributed by atoms with Gasteiger partial charge in [0.05, 0.1) is 22.2 Å². The van der Waals surface area contributed by atoms with E-state index in [0.717, 1.165) is 23.7 Å². The predicted molar refractivity (Wildman–Crippen MR) is 65.5 cm³/mol. The second-order valence-corrected chi connectivity index (χ2v) is 7.74. The lowest BCUT2D eigenvalue weighted by Gasteiger charge is -2.09. The van der Waals surface area contributed by atoms with Crippen molar-refractivity contribution >= 4 is 21.2 Å². The topological polar surface area (TPSA) is 59.1 Å². The summed E-state index contributed by atoms with van der Waals surface area (Å²) in [5, 5.41) is 4.36. The molecule has 16 heavy (non-hydrogen) atoms. The van der Waals surface area contributed by atoms with E-state index < -0.39 is 9.84 Å². The Morgan fingerprint density at radius 2 is 2.25 bits per heavy atom. The van der Waals surface area contributed by atoms with Crippen LogP contribution in [0, 0.1) is 13.8 Å². The summed E-state index contributed by atoms with van der Waals surface area (Å²) in [6.07, 6.45) is 0.735. The highest BCUT2D eigenvalue weighted by atomic mass is 32.2. The number of sulfone groups is 1. The van der Waals surface area contributed by atoms with E-state index in [1.54, 1.807) is 11.3 Å². The summed E-state index contributed by atoms with van der Waals surface area (Å²) < 4.78 is 22.5. The van der Waals surface area contributed by atoms with Gasteiger partial charge in [-0.3, -0.25) is 0 Å². The summed E-state index contributed by atoms with van der Waals surface area (Å²) in [5.41, 5.74) is 1.05. The maximum atomic E-state index is 11.3. The van der Waals surface area contributed by atoms with Crippen LogP contribution >= 0.6 is 11.3 Å². The van der Waals surface area contributed by atoms with Gasteiger partial charge in [-0.2, -0.15) is 0 Å². The lowest BCUT2D eigenvalue weighted by molar-refractivity contribution is 0.556. The molecule has 1 aromatic rings. The summed E-state index contributed by atoms with van der Waals surface area (Å²) >= 11 is 1.67. The van der Waals surface area contributed by atoms with Gasteiger partial charge in [-0.05, 0) is 20.3 Å². The van der Waals surface area contributed by atoms with Crippen LogP contribution in [-0.4, -0.2) is 30.9 Å². The van der Waals surface area contributed by atoms with Gasteiger partial charge in [0, 0.05) is 17.5 Å². The number of hydrogen-bond acceptors (Lipinski definition) is 5. The Kier molecular flexibility index (Phi) is 3.32. The average Bonchev–Trinajstić information content (AvgIpc) is 2.66. The molecule has 1 N–H and O–H groups in total. The molecule has 1 unspecified atom stereocenters. The van der Waals surface area contributed by atoms with Crippen LogP contribution in [-0.2, 0) is 16.4 Å². The van der Waals surface area contributed by atoms with Crippen LogP contribution in [0.2, 0.25) is 0 Å². The number of nitrogens with one attached hydrogen (secondary N) is 1. The Hall–Kier alpha value is -0.460. The van der Waals surface area contributed by atoms with E-state index in [4.69, 9.17) is 0 Å². The van der Waals surface area contributed by atoms with E-state index in [1.165, 1.54) is 4.88 Å². The first kappa shape index (κ1) is 12.0. The van der Waals surface area contributed by atoms with Crippen molar-refractivity contribution in [3.05, 3.63) is 15.6 Å². The Morgan fingerprint density at radius 1 is 1.50 bits per heavy atom. The van der Waals surface area contributed by atoms with Gasteiger partial charge >= 0.3 is 0 Å². The van der Waals surface area contributed by atoms with Gasteiger partial charge in [0.15, 0.2) is 9.84 Å². The molecule has 0 spiro atoms. The van der Waals surface area contributed by atoms with E-state index in [1.807, 2.05) is 13.8 Å². The Labute approximate surface area is 100 Å². The zero-order valence-electron chi connectivity index (χ0n) is 9.49. The fourth-order valence-corrected chi connectivity index (χ4v) is 4.53. The van der Waals surface area contributed by atoms with Crippen LogP contribution in [0.1, 0.15) is 22.0 Å². The molecule has 0 aromatic carbocycles. The number of hydrogen-bond donors (Lipinski definition) is 1. The molecule has 0 saturated carbocycles. The van der Waals surface area contributed by atoms with Gasteiger partial charge in [0.1, 0.15) is 0 Å². The van der Waals surface area contributed by atoms with Gasteiger partial charge < -0.3 is 5.32 Å². The highest BCUT2D eigenvalue weighted by molar-refractivity contribution is 7.91. The second-order valence-electron chi connectivity index (χ2n) is 4.22. The van der Waals surface area contributed by atoms with Crippen LogP contribution in [0.25, 0.3) is 0 Å². The molecule has 1 aliphatic heterocycles. The third-order valence-corrected chi connectivity index (χ3v) is 5.62. The zero-order chi connectivity index (χ0) is 11.8. The van der Waals surface area contributed by atoms with E-state index >= 15 is 0 Å². The molecular weight excluding hydrogens is 244 g/mol. The number of rotatable bonds is 3. The minimum Gasteiger partial charge on any atom is -0.308 e. The number of thiazole rings is 1. The van der Waals surface area contributed by atoms with Crippen molar-refractivity contribution < 1.29 is 8.42 Å². The van der Waals surface area contributed by atoms with E-state index in [9.17, 15) is 8.42 Å². The number of nitrogens with zero attached hydrogens (tertiary/aromatic N) is 1. The van der Waals surface area contributed by atoms with Gasteiger partial charge in [0.2, 0.25) is 0 Å². The normalized spacial score (nSPS) is 23.8. The lowest BCUT2D eigenvalue weighted by Crippen LogP contribution is -2.29. The molecule has 1 saturated heterocycles. The van der Waals surface area contributed by atoms with Gasteiger partial charge in [-0.25, -0.2) is 13.4 Å². The zero-order valence-corrected chi connectivity index (χ0v) is 11.1. The number of aromatic nitrogens is 1. The van der Waals surface area contributed by atoms with Crippen molar-refractivity contribution in [1.82, 2.24) is 10.3 Å².